The van der Waals surface area contributed by atoms with Crippen molar-refractivity contribution in [3.63, 3.8) is 0 Å². The van der Waals surface area contributed by atoms with E-state index in [1.807, 2.05) is 0 Å². The summed E-state index contributed by atoms with van der Waals surface area (Å²) in [5, 5.41) is 0.786. The summed E-state index contributed by atoms with van der Waals surface area (Å²) in [4.78, 5) is 1.52. The van der Waals surface area contributed by atoms with Crippen LogP contribution in [0.15, 0.2) is 23.6 Å². The van der Waals surface area contributed by atoms with Crippen molar-refractivity contribution in [3.8, 4) is 0 Å². The summed E-state index contributed by atoms with van der Waals surface area (Å²) in [5.74, 6) is 1.65. The smallest absolute Gasteiger partial charge is 0.0126 e. The summed E-state index contributed by atoms with van der Waals surface area (Å²) in [5.41, 5.74) is 0. The molecule has 0 amide bonds. The minimum atomic E-state index is 0.786. The van der Waals surface area contributed by atoms with E-state index in [4.69, 9.17) is 0 Å². The maximum absolute atomic E-state index is 3.92. The topological polar surface area (TPSA) is 0 Å². The predicted molar refractivity (Wildman–Crippen MR) is 81.4 cm³/mol. The molecule has 0 radical (unpaired) electrons. The maximum Gasteiger partial charge on any atom is 0.0126 e. The first-order chi connectivity index (χ1) is 8.17. The molecule has 0 saturated carbocycles. The third kappa shape index (κ3) is 5.33. The van der Waals surface area contributed by atoms with E-state index in [1.54, 1.807) is 0 Å². The zero-order chi connectivity index (χ0) is 12.7. The predicted octanol–water partition coefficient (Wildman–Crippen LogP) is 5.80. The lowest BCUT2D eigenvalue weighted by molar-refractivity contribution is 0.382. The first kappa shape index (κ1) is 14.9. The van der Waals surface area contributed by atoms with Gasteiger partial charge in [-0.15, -0.1) is 18.3 Å². The summed E-state index contributed by atoms with van der Waals surface area (Å²) in [6, 6.07) is 0. The molecule has 3 unspecified atom stereocenters. The molecule has 1 rings (SSSR count). The van der Waals surface area contributed by atoms with Gasteiger partial charge in [0.05, 0.1) is 0 Å². The van der Waals surface area contributed by atoms with Crippen LogP contribution in [0.2, 0.25) is 0 Å². The standard InChI is InChI=1S/C16H28S/c1-5-7-8-10-15(9-6-2)12-16-11-13(3)17-14(16)4/h6,11,14-16H,2,5,7-10,12H2,1,3-4H3. The Morgan fingerprint density at radius 1 is 1.47 bits per heavy atom. The summed E-state index contributed by atoms with van der Waals surface area (Å²) in [7, 11) is 0. The van der Waals surface area contributed by atoms with Crippen LogP contribution in [0.3, 0.4) is 0 Å². The van der Waals surface area contributed by atoms with Crippen molar-refractivity contribution < 1.29 is 0 Å². The molecule has 0 nitrogen and oxygen atoms in total. The van der Waals surface area contributed by atoms with Gasteiger partial charge in [0.15, 0.2) is 0 Å². The van der Waals surface area contributed by atoms with E-state index in [0.717, 1.165) is 17.1 Å². The van der Waals surface area contributed by atoms with Crippen LogP contribution in [0.4, 0.5) is 0 Å². The van der Waals surface area contributed by atoms with Gasteiger partial charge < -0.3 is 0 Å². The van der Waals surface area contributed by atoms with E-state index in [2.05, 4.69) is 51.3 Å². The molecule has 0 aliphatic carbocycles. The number of thioether (sulfide) groups is 1. The van der Waals surface area contributed by atoms with Crippen molar-refractivity contribution in [2.75, 3.05) is 0 Å². The SMILES string of the molecule is C=CCC(CCCCC)CC1C=C(C)SC1C. The van der Waals surface area contributed by atoms with Gasteiger partial charge in [-0.25, -0.2) is 0 Å². The molecular formula is C16H28S. The lowest BCUT2D eigenvalue weighted by Crippen LogP contribution is -2.13. The summed E-state index contributed by atoms with van der Waals surface area (Å²) >= 11 is 2.05. The third-order valence-corrected chi connectivity index (χ3v) is 4.97. The highest BCUT2D eigenvalue weighted by Gasteiger charge is 2.24. The van der Waals surface area contributed by atoms with Crippen LogP contribution in [0, 0.1) is 11.8 Å². The molecule has 17 heavy (non-hydrogen) atoms. The van der Waals surface area contributed by atoms with E-state index in [9.17, 15) is 0 Å². The van der Waals surface area contributed by atoms with E-state index in [0.29, 0.717) is 0 Å². The Morgan fingerprint density at radius 3 is 2.76 bits per heavy atom. The average molecular weight is 252 g/mol. The first-order valence-corrected chi connectivity index (χ1v) is 8.01. The van der Waals surface area contributed by atoms with Crippen molar-refractivity contribution >= 4 is 11.8 Å². The lowest BCUT2D eigenvalue weighted by atomic mass is 9.86. The number of hydrogen-bond acceptors (Lipinski definition) is 1. The van der Waals surface area contributed by atoms with Gasteiger partial charge in [-0.05, 0) is 36.5 Å². The normalized spacial score (nSPS) is 25.7. The Hall–Kier alpha value is -0.170. The van der Waals surface area contributed by atoms with Gasteiger partial charge in [-0.1, -0.05) is 51.7 Å². The molecule has 0 saturated heterocycles. The fourth-order valence-corrected chi connectivity index (χ4v) is 3.96. The second kappa shape index (κ2) is 8.02. The maximum atomic E-state index is 3.92. The highest BCUT2D eigenvalue weighted by molar-refractivity contribution is 8.03. The van der Waals surface area contributed by atoms with Crippen LogP contribution in [-0.4, -0.2) is 5.25 Å². The van der Waals surface area contributed by atoms with Crippen LogP contribution >= 0.6 is 11.8 Å². The summed E-state index contributed by atoms with van der Waals surface area (Å²) in [6.45, 7) is 10.8. The van der Waals surface area contributed by atoms with Crippen molar-refractivity contribution in [1.29, 1.82) is 0 Å². The van der Waals surface area contributed by atoms with Gasteiger partial charge in [0, 0.05) is 5.25 Å². The molecule has 0 aromatic rings. The Balaban J connectivity index is 2.39. The van der Waals surface area contributed by atoms with Crippen LogP contribution in [0.25, 0.3) is 0 Å². The molecule has 1 heterocycles. The second-order valence-corrected chi connectivity index (χ2v) is 7.01. The number of unbranched alkanes of at least 4 members (excludes halogenated alkanes) is 2. The Morgan fingerprint density at radius 2 is 2.24 bits per heavy atom. The molecule has 0 spiro atoms. The van der Waals surface area contributed by atoms with Gasteiger partial charge in [0.1, 0.15) is 0 Å². The van der Waals surface area contributed by atoms with Gasteiger partial charge in [0.2, 0.25) is 0 Å². The van der Waals surface area contributed by atoms with Gasteiger partial charge in [-0.2, -0.15) is 0 Å². The van der Waals surface area contributed by atoms with Crippen molar-refractivity contribution in [3.05, 3.63) is 23.6 Å². The highest BCUT2D eigenvalue weighted by Crippen LogP contribution is 2.40. The van der Waals surface area contributed by atoms with Crippen molar-refractivity contribution in [1.82, 2.24) is 0 Å². The Kier molecular flexibility index (Phi) is 7.03. The quantitative estimate of drug-likeness (QED) is 0.388. The Labute approximate surface area is 112 Å². The second-order valence-electron chi connectivity index (χ2n) is 5.39. The van der Waals surface area contributed by atoms with Crippen LogP contribution in [0.1, 0.15) is 59.3 Å². The van der Waals surface area contributed by atoms with E-state index in [-0.39, 0.29) is 0 Å². The molecule has 1 heteroatoms. The summed E-state index contributed by atoms with van der Waals surface area (Å²) < 4.78 is 0. The number of allylic oxidation sites excluding steroid dienone is 3. The van der Waals surface area contributed by atoms with Gasteiger partial charge in [-0.3, -0.25) is 0 Å². The van der Waals surface area contributed by atoms with Crippen molar-refractivity contribution in [2.24, 2.45) is 11.8 Å². The molecular weight excluding hydrogens is 224 g/mol. The molecule has 0 aromatic carbocycles. The monoisotopic (exact) mass is 252 g/mol. The zero-order valence-electron chi connectivity index (χ0n) is 11.7. The number of hydrogen-bond donors (Lipinski definition) is 0. The molecule has 98 valence electrons. The van der Waals surface area contributed by atoms with Gasteiger partial charge >= 0.3 is 0 Å². The van der Waals surface area contributed by atoms with Crippen molar-refractivity contribution in [2.45, 2.75) is 64.5 Å². The summed E-state index contributed by atoms with van der Waals surface area (Å²) in [6.07, 6.45) is 12.7. The average Bonchev–Trinajstić information content (AvgIpc) is 2.58. The van der Waals surface area contributed by atoms with Crippen LogP contribution in [-0.2, 0) is 0 Å². The van der Waals surface area contributed by atoms with E-state index in [1.165, 1.54) is 43.4 Å². The van der Waals surface area contributed by atoms with Crippen LogP contribution in [0.5, 0.6) is 0 Å². The fourth-order valence-electron chi connectivity index (χ4n) is 2.75. The largest absolute Gasteiger partial charge is 0.127 e. The van der Waals surface area contributed by atoms with Gasteiger partial charge in [0.25, 0.3) is 0 Å². The molecule has 1 aliphatic rings. The molecule has 1 aliphatic heterocycles. The highest BCUT2D eigenvalue weighted by atomic mass is 32.2. The molecule has 0 bridgehead atoms. The minimum Gasteiger partial charge on any atom is -0.127 e. The lowest BCUT2D eigenvalue weighted by Gasteiger charge is -2.21. The third-order valence-electron chi connectivity index (χ3n) is 3.74. The number of rotatable bonds is 8. The first-order valence-electron chi connectivity index (χ1n) is 7.13. The Bertz CT molecular complexity index is 254. The fraction of sp³-hybridized carbons (Fsp3) is 0.750. The molecule has 0 fully saturated rings. The minimum absolute atomic E-state index is 0.786. The zero-order valence-corrected chi connectivity index (χ0v) is 12.6. The molecule has 0 N–H and O–H groups in total. The molecule has 3 atom stereocenters. The van der Waals surface area contributed by atoms with E-state index >= 15 is 0 Å². The molecule has 0 aromatic heterocycles. The van der Waals surface area contributed by atoms with E-state index < -0.39 is 0 Å². The van der Waals surface area contributed by atoms with Crippen LogP contribution < -0.4 is 0 Å².